The molecule has 0 aliphatic heterocycles. The molecule has 0 aliphatic rings. The van der Waals surface area contributed by atoms with Crippen LogP contribution in [0.5, 0.6) is 0 Å². The summed E-state index contributed by atoms with van der Waals surface area (Å²) in [5, 5.41) is 13.1. The van der Waals surface area contributed by atoms with Crippen LogP contribution in [-0.4, -0.2) is 76.1 Å². The molecule has 3 unspecified atom stereocenters. The van der Waals surface area contributed by atoms with Crippen LogP contribution in [0.4, 0.5) is 17.5 Å². The van der Waals surface area contributed by atoms with E-state index in [0.29, 0.717) is 11.4 Å². The van der Waals surface area contributed by atoms with Gasteiger partial charge >= 0.3 is 43.1 Å². The minimum atomic E-state index is -5.68. The van der Waals surface area contributed by atoms with E-state index in [-0.39, 0.29) is 64.6 Å². The molecule has 2 amide bonds. The molecular weight excluding hydrogens is 623 g/mol. The molecule has 1 aromatic carbocycles. The predicted molar refractivity (Wildman–Crippen MR) is 144 cm³/mol. The molecule has 0 bridgehead atoms. The SMILES string of the molecule is CN(Cc1cnc2nc(N)nc(N)c2n1)c1ccc(C(=O)NC(CCC(=O)NC(P(=O)([O-])O)P(=O)(O)O)C(=O)O)cc1.[Na+]. The van der Waals surface area contributed by atoms with Gasteiger partial charge in [-0.15, -0.1) is 0 Å². The zero-order valence-corrected chi connectivity index (χ0v) is 26.5. The largest absolute Gasteiger partial charge is 1.00 e. The zero-order valence-electron chi connectivity index (χ0n) is 22.7. The number of nitrogens with zero attached hydrogens (tertiary/aromatic N) is 5. The van der Waals surface area contributed by atoms with Gasteiger partial charge < -0.3 is 56.2 Å². The molecule has 19 nitrogen and oxygen atoms in total. The molecule has 0 saturated carbocycles. The Morgan fingerprint density at radius 1 is 1.05 bits per heavy atom. The van der Waals surface area contributed by atoms with Crippen LogP contribution >= 0.6 is 15.2 Å². The minimum Gasteiger partial charge on any atom is -0.777 e. The van der Waals surface area contributed by atoms with E-state index in [1.165, 1.54) is 23.6 Å². The van der Waals surface area contributed by atoms with E-state index >= 15 is 0 Å². The number of anilines is 3. The average Bonchev–Trinajstić information content (AvgIpc) is 2.88. The first-order chi connectivity index (χ1) is 19.5. The van der Waals surface area contributed by atoms with E-state index < -0.39 is 57.4 Å². The first-order valence-corrected chi connectivity index (χ1v) is 15.1. The van der Waals surface area contributed by atoms with Crippen LogP contribution in [0.25, 0.3) is 11.2 Å². The summed E-state index contributed by atoms with van der Waals surface area (Å²) in [5.41, 5.74) is 10.3. The summed E-state index contributed by atoms with van der Waals surface area (Å²) in [6, 6.07) is 4.40. The normalized spacial score (nSPS) is 14.1. The number of amides is 2. The first kappa shape index (κ1) is 35.9. The van der Waals surface area contributed by atoms with Crippen molar-refractivity contribution < 1.29 is 77.8 Å². The number of benzene rings is 1. The van der Waals surface area contributed by atoms with Gasteiger partial charge in [-0.05, 0) is 30.7 Å². The molecule has 0 fully saturated rings. The first-order valence-electron chi connectivity index (χ1n) is 11.7. The number of nitrogens with one attached hydrogen (secondary N) is 2. The number of nitrogens with two attached hydrogens (primary N) is 2. The number of carbonyl (C=O) groups excluding carboxylic acids is 2. The quantitative estimate of drug-likeness (QED) is 0.0675. The van der Waals surface area contributed by atoms with Crippen molar-refractivity contribution >= 4 is 61.6 Å². The van der Waals surface area contributed by atoms with E-state index in [2.05, 4.69) is 25.3 Å². The summed E-state index contributed by atoms with van der Waals surface area (Å²) in [4.78, 5) is 92.7. The van der Waals surface area contributed by atoms with Crippen LogP contribution < -0.4 is 61.5 Å². The van der Waals surface area contributed by atoms with Gasteiger partial charge in [-0.25, -0.2) is 14.8 Å². The van der Waals surface area contributed by atoms with Gasteiger partial charge in [-0.1, -0.05) is 0 Å². The third-order valence-electron chi connectivity index (χ3n) is 5.65. The number of nitrogen functional groups attached to an aromatic ring is 2. The monoisotopic (exact) mass is 649 g/mol. The third-order valence-corrected chi connectivity index (χ3v) is 8.94. The smallest absolute Gasteiger partial charge is 0.777 e. The molecule has 0 saturated heterocycles. The van der Waals surface area contributed by atoms with Gasteiger partial charge in [0.15, 0.2) is 30.1 Å². The number of aromatic nitrogens is 4. The number of aliphatic carboxylic acids is 1. The molecule has 10 N–H and O–H groups in total. The van der Waals surface area contributed by atoms with Crippen molar-refractivity contribution in [1.29, 1.82) is 0 Å². The van der Waals surface area contributed by atoms with E-state index in [4.69, 9.17) is 26.1 Å². The average molecular weight is 649 g/mol. The molecule has 22 heteroatoms. The molecule has 3 atom stereocenters. The second-order valence-corrected chi connectivity index (χ2v) is 12.6. The summed E-state index contributed by atoms with van der Waals surface area (Å²) < 4.78 is 22.5. The van der Waals surface area contributed by atoms with Crippen LogP contribution in [0.3, 0.4) is 0 Å². The van der Waals surface area contributed by atoms with Crippen molar-refractivity contribution in [2.45, 2.75) is 31.0 Å². The Bertz CT molecular complexity index is 1580. The second kappa shape index (κ2) is 14.5. The zero-order chi connectivity index (χ0) is 31.4. The maximum atomic E-state index is 12.6. The van der Waals surface area contributed by atoms with Gasteiger partial charge in [0.2, 0.25) is 11.9 Å². The maximum absolute atomic E-state index is 12.6. The molecule has 0 radical (unpaired) electrons. The summed E-state index contributed by atoms with van der Waals surface area (Å²) in [6.45, 7) is 0.280. The van der Waals surface area contributed by atoms with E-state index in [1.807, 2.05) is 0 Å². The Balaban J connectivity index is 0.00000645. The maximum Gasteiger partial charge on any atom is 1.00 e. The van der Waals surface area contributed by atoms with Crippen LogP contribution in [0.15, 0.2) is 30.5 Å². The fourth-order valence-corrected chi connectivity index (χ4v) is 5.75. The fraction of sp³-hybridized carbons (Fsp3) is 0.286. The van der Waals surface area contributed by atoms with Crippen LogP contribution in [0, 0.1) is 0 Å². The number of fused-ring (bicyclic) bond motifs is 1. The van der Waals surface area contributed by atoms with Gasteiger partial charge in [0.1, 0.15) is 6.04 Å². The Morgan fingerprint density at radius 3 is 2.23 bits per heavy atom. The molecule has 0 aliphatic carbocycles. The van der Waals surface area contributed by atoms with Crippen LogP contribution in [0.1, 0.15) is 28.9 Å². The van der Waals surface area contributed by atoms with Gasteiger partial charge in [0.05, 0.1) is 18.4 Å². The fourth-order valence-electron chi connectivity index (χ4n) is 3.61. The number of carboxylic acid groups (broad SMARTS) is 1. The molecule has 226 valence electrons. The van der Waals surface area contributed by atoms with E-state index in [9.17, 15) is 33.5 Å². The van der Waals surface area contributed by atoms with E-state index in [0.717, 1.165) is 0 Å². The van der Waals surface area contributed by atoms with Gasteiger partial charge in [-0.3, -0.25) is 14.2 Å². The van der Waals surface area contributed by atoms with Crippen molar-refractivity contribution in [2.75, 3.05) is 23.4 Å². The number of carboxylic acids is 1. The molecule has 3 rings (SSSR count). The summed E-state index contributed by atoms with van der Waals surface area (Å²) >= 11 is 0. The minimum absolute atomic E-state index is 0. The Morgan fingerprint density at radius 2 is 1.67 bits per heavy atom. The second-order valence-electron chi connectivity index (χ2n) is 8.90. The molecule has 3 aromatic rings. The predicted octanol–water partition coefficient (Wildman–Crippen LogP) is -4.69. The molecular formula is C21H26N9NaO10P2. The number of hydrogen-bond donors (Lipinski definition) is 8. The van der Waals surface area contributed by atoms with E-state index in [1.54, 1.807) is 24.1 Å². The number of rotatable bonds is 12. The van der Waals surface area contributed by atoms with Crippen molar-refractivity contribution in [3.8, 4) is 0 Å². The van der Waals surface area contributed by atoms with Crippen molar-refractivity contribution in [3.05, 3.63) is 41.7 Å². The Labute approximate surface area is 265 Å². The van der Waals surface area contributed by atoms with Crippen molar-refractivity contribution in [2.24, 2.45) is 0 Å². The number of carbonyl (C=O) groups is 3. The Kier molecular flexibility index (Phi) is 12.1. The van der Waals surface area contributed by atoms with Gasteiger partial charge in [0.25, 0.3) is 5.91 Å². The third kappa shape index (κ3) is 9.89. The number of hydrogen-bond acceptors (Lipinski definition) is 13. The van der Waals surface area contributed by atoms with Crippen LogP contribution in [0.2, 0.25) is 0 Å². The Hall–Kier alpha value is -3.25. The molecule has 2 heterocycles. The topological polar surface area (TPSA) is 320 Å². The standard InChI is InChI=1S/C21H27N9O10P2.Na/c1-30(9-11-8-24-17-15(25-11)16(22)28-20(23)29-17)12-4-2-10(3-5-12)18(32)26-13(19(33)34)6-7-14(31)27-21(41(35,36)37)42(38,39)40;/h2-5,8,13,21H,6-7,9H2,1H3,(H,26,32)(H,27,31)(H,33,34)(H2,35,36,37)(H2,38,39,40)(H4,22,23,24,28,29);/q;+1/p-1. The molecule has 0 spiro atoms. The van der Waals surface area contributed by atoms with Gasteiger partial charge in [0, 0.05) is 24.7 Å². The summed E-state index contributed by atoms with van der Waals surface area (Å²) in [6.07, 6.45) is 0.180. The summed E-state index contributed by atoms with van der Waals surface area (Å²) in [7, 11) is -9.43. The van der Waals surface area contributed by atoms with Crippen LogP contribution in [-0.2, 0) is 25.3 Å². The van der Waals surface area contributed by atoms with Crippen molar-refractivity contribution in [3.63, 3.8) is 0 Å². The molecule has 43 heavy (non-hydrogen) atoms. The summed E-state index contributed by atoms with van der Waals surface area (Å²) in [5.74, 6) is -3.57. The molecule has 2 aromatic heterocycles. The van der Waals surface area contributed by atoms with Gasteiger partial charge in [-0.2, -0.15) is 9.97 Å². The van der Waals surface area contributed by atoms with Crippen molar-refractivity contribution in [1.82, 2.24) is 30.6 Å².